The van der Waals surface area contributed by atoms with Gasteiger partial charge in [0.1, 0.15) is 5.69 Å². The Labute approximate surface area is 103 Å². The minimum absolute atomic E-state index is 0.138. The third-order valence-electron chi connectivity index (χ3n) is 2.57. The minimum Gasteiger partial charge on any atom is -0.397 e. The van der Waals surface area contributed by atoms with Crippen molar-refractivity contribution in [2.24, 2.45) is 5.92 Å². The Morgan fingerprint density at radius 1 is 1.35 bits per heavy atom. The van der Waals surface area contributed by atoms with E-state index in [-0.39, 0.29) is 11.9 Å². The first-order valence-corrected chi connectivity index (χ1v) is 6.01. The molecule has 0 saturated heterocycles. The number of amides is 1. The molecule has 0 aliphatic rings. The van der Waals surface area contributed by atoms with Crippen LogP contribution in [0.1, 0.15) is 44.1 Å². The summed E-state index contributed by atoms with van der Waals surface area (Å²) >= 11 is 0. The van der Waals surface area contributed by atoms with Crippen molar-refractivity contribution < 1.29 is 4.79 Å². The first kappa shape index (κ1) is 13.5. The van der Waals surface area contributed by atoms with Crippen molar-refractivity contribution >= 4 is 11.6 Å². The highest BCUT2D eigenvalue weighted by Gasteiger charge is 2.10. The van der Waals surface area contributed by atoms with Gasteiger partial charge >= 0.3 is 0 Å². The van der Waals surface area contributed by atoms with Crippen LogP contribution in [0.5, 0.6) is 0 Å². The van der Waals surface area contributed by atoms with E-state index < -0.39 is 0 Å². The zero-order valence-corrected chi connectivity index (χ0v) is 10.7. The molecule has 0 saturated carbocycles. The number of hydrogen-bond donors (Lipinski definition) is 2. The third-order valence-corrected chi connectivity index (χ3v) is 2.57. The van der Waals surface area contributed by atoms with Crippen LogP contribution in [0.3, 0.4) is 0 Å². The number of pyridine rings is 1. The van der Waals surface area contributed by atoms with Crippen LogP contribution in [0.4, 0.5) is 5.69 Å². The lowest BCUT2D eigenvalue weighted by Gasteiger charge is -2.14. The van der Waals surface area contributed by atoms with E-state index in [4.69, 9.17) is 5.73 Å². The molecule has 94 valence electrons. The fraction of sp³-hybridized carbons (Fsp3) is 0.538. The molecule has 0 fully saturated rings. The summed E-state index contributed by atoms with van der Waals surface area (Å²) in [6, 6.07) is 3.49. The molecule has 1 aromatic heterocycles. The van der Waals surface area contributed by atoms with Crippen molar-refractivity contribution in [2.75, 3.05) is 5.73 Å². The van der Waals surface area contributed by atoms with Gasteiger partial charge in [0.05, 0.1) is 11.9 Å². The van der Waals surface area contributed by atoms with Crippen LogP contribution in [0.15, 0.2) is 18.3 Å². The molecule has 0 aliphatic carbocycles. The summed E-state index contributed by atoms with van der Waals surface area (Å²) < 4.78 is 0. The van der Waals surface area contributed by atoms with Gasteiger partial charge in [0.15, 0.2) is 0 Å². The van der Waals surface area contributed by atoms with Crippen molar-refractivity contribution in [3.63, 3.8) is 0 Å². The monoisotopic (exact) mass is 235 g/mol. The Morgan fingerprint density at radius 2 is 2.06 bits per heavy atom. The molecule has 1 rings (SSSR count). The Bertz CT molecular complexity index is 359. The number of nitrogens with one attached hydrogen (secondary N) is 1. The first-order chi connectivity index (χ1) is 7.99. The van der Waals surface area contributed by atoms with Crippen molar-refractivity contribution in [3.05, 3.63) is 24.0 Å². The van der Waals surface area contributed by atoms with E-state index in [0.717, 1.165) is 12.8 Å². The predicted molar refractivity (Wildman–Crippen MR) is 69.6 cm³/mol. The molecule has 1 heterocycles. The Morgan fingerprint density at radius 3 is 2.59 bits per heavy atom. The van der Waals surface area contributed by atoms with Crippen LogP contribution < -0.4 is 11.1 Å². The van der Waals surface area contributed by atoms with E-state index in [2.05, 4.69) is 24.1 Å². The van der Waals surface area contributed by atoms with Crippen LogP contribution in [0.25, 0.3) is 0 Å². The molecule has 1 unspecified atom stereocenters. The van der Waals surface area contributed by atoms with Gasteiger partial charge in [0, 0.05) is 6.04 Å². The molecule has 0 aliphatic heterocycles. The van der Waals surface area contributed by atoms with E-state index in [1.165, 1.54) is 6.20 Å². The maximum atomic E-state index is 11.8. The molecule has 4 nitrogen and oxygen atoms in total. The minimum atomic E-state index is -0.138. The Balaban J connectivity index is 2.46. The molecular weight excluding hydrogens is 214 g/mol. The predicted octanol–water partition coefficient (Wildman–Crippen LogP) is 2.22. The van der Waals surface area contributed by atoms with Crippen molar-refractivity contribution in [3.8, 4) is 0 Å². The van der Waals surface area contributed by atoms with Crippen LogP contribution in [0.2, 0.25) is 0 Å². The highest BCUT2D eigenvalue weighted by Crippen LogP contribution is 2.07. The number of anilines is 1. The lowest BCUT2D eigenvalue weighted by Crippen LogP contribution is -2.33. The fourth-order valence-electron chi connectivity index (χ4n) is 1.49. The highest BCUT2D eigenvalue weighted by atomic mass is 16.1. The summed E-state index contributed by atoms with van der Waals surface area (Å²) in [5.74, 6) is 0.519. The standard InChI is InChI=1S/C13H21N3O/c1-9(2)4-5-10(3)16-13(17)12-7-6-11(14)8-15-12/h6-10H,4-5,14H2,1-3H3,(H,16,17). The van der Waals surface area contributed by atoms with Gasteiger partial charge < -0.3 is 11.1 Å². The van der Waals surface area contributed by atoms with Gasteiger partial charge in [-0.1, -0.05) is 13.8 Å². The van der Waals surface area contributed by atoms with E-state index in [1.807, 2.05) is 6.92 Å². The maximum Gasteiger partial charge on any atom is 0.270 e. The Hall–Kier alpha value is -1.58. The summed E-state index contributed by atoms with van der Waals surface area (Å²) in [6.07, 6.45) is 3.59. The van der Waals surface area contributed by atoms with Crippen LogP contribution in [-0.2, 0) is 0 Å². The number of hydrogen-bond acceptors (Lipinski definition) is 3. The quantitative estimate of drug-likeness (QED) is 0.822. The topological polar surface area (TPSA) is 68.0 Å². The largest absolute Gasteiger partial charge is 0.397 e. The number of rotatable bonds is 5. The van der Waals surface area contributed by atoms with Crippen LogP contribution in [0, 0.1) is 5.92 Å². The molecule has 1 amide bonds. The summed E-state index contributed by atoms with van der Waals surface area (Å²) in [5, 5.41) is 2.93. The molecule has 0 radical (unpaired) electrons. The van der Waals surface area contributed by atoms with Crippen LogP contribution in [-0.4, -0.2) is 16.9 Å². The molecular formula is C13H21N3O. The number of nitrogens with zero attached hydrogens (tertiary/aromatic N) is 1. The number of carbonyl (C=O) groups is 1. The molecule has 4 heteroatoms. The van der Waals surface area contributed by atoms with Crippen molar-refractivity contribution in [1.29, 1.82) is 0 Å². The number of carbonyl (C=O) groups excluding carboxylic acids is 1. The molecule has 17 heavy (non-hydrogen) atoms. The van der Waals surface area contributed by atoms with Crippen molar-refractivity contribution in [2.45, 2.75) is 39.7 Å². The van der Waals surface area contributed by atoms with E-state index in [1.54, 1.807) is 12.1 Å². The second-order valence-electron chi connectivity index (χ2n) is 4.82. The summed E-state index contributed by atoms with van der Waals surface area (Å²) in [5.41, 5.74) is 6.49. The van der Waals surface area contributed by atoms with E-state index >= 15 is 0 Å². The SMILES string of the molecule is CC(C)CCC(C)NC(=O)c1ccc(N)cn1. The maximum absolute atomic E-state index is 11.8. The first-order valence-electron chi connectivity index (χ1n) is 6.01. The van der Waals surface area contributed by atoms with Gasteiger partial charge in [0.25, 0.3) is 5.91 Å². The van der Waals surface area contributed by atoms with E-state index in [0.29, 0.717) is 17.3 Å². The molecule has 0 bridgehead atoms. The van der Waals surface area contributed by atoms with Crippen LogP contribution >= 0.6 is 0 Å². The molecule has 1 aromatic rings. The second-order valence-corrected chi connectivity index (χ2v) is 4.82. The average molecular weight is 235 g/mol. The van der Waals surface area contributed by atoms with Gasteiger partial charge in [-0.15, -0.1) is 0 Å². The number of nitrogens with two attached hydrogens (primary N) is 1. The normalized spacial score (nSPS) is 12.5. The molecule has 3 N–H and O–H groups in total. The molecule has 0 aromatic carbocycles. The zero-order chi connectivity index (χ0) is 12.8. The highest BCUT2D eigenvalue weighted by molar-refractivity contribution is 5.92. The van der Waals surface area contributed by atoms with Crippen molar-refractivity contribution in [1.82, 2.24) is 10.3 Å². The van der Waals surface area contributed by atoms with Gasteiger partial charge in [-0.3, -0.25) is 4.79 Å². The third kappa shape index (κ3) is 4.85. The fourth-order valence-corrected chi connectivity index (χ4v) is 1.49. The summed E-state index contributed by atoms with van der Waals surface area (Å²) in [4.78, 5) is 15.8. The van der Waals surface area contributed by atoms with Gasteiger partial charge in [0.2, 0.25) is 0 Å². The summed E-state index contributed by atoms with van der Waals surface area (Å²) in [6.45, 7) is 6.36. The van der Waals surface area contributed by atoms with Gasteiger partial charge in [-0.2, -0.15) is 0 Å². The van der Waals surface area contributed by atoms with Gasteiger partial charge in [-0.25, -0.2) is 4.98 Å². The lowest BCUT2D eigenvalue weighted by molar-refractivity contribution is 0.0932. The number of nitrogen functional groups attached to an aromatic ring is 1. The lowest BCUT2D eigenvalue weighted by atomic mass is 10.0. The van der Waals surface area contributed by atoms with E-state index in [9.17, 15) is 4.79 Å². The second kappa shape index (κ2) is 6.23. The molecule has 0 spiro atoms. The smallest absolute Gasteiger partial charge is 0.270 e. The zero-order valence-electron chi connectivity index (χ0n) is 10.7. The summed E-state index contributed by atoms with van der Waals surface area (Å²) in [7, 11) is 0. The van der Waals surface area contributed by atoms with Gasteiger partial charge in [-0.05, 0) is 37.8 Å². The Kier molecular flexibility index (Phi) is 4.94. The molecule has 1 atom stereocenters. The number of aromatic nitrogens is 1. The average Bonchev–Trinajstić information content (AvgIpc) is 2.27.